The number of rotatable bonds is 3. The molecule has 0 unspecified atom stereocenters. The monoisotopic (exact) mass is 221 g/mol. The number of hydrogen-bond acceptors (Lipinski definition) is 2. The maximum atomic E-state index is 8.47. The summed E-state index contributed by atoms with van der Waals surface area (Å²) in [7, 11) is 0. The second kappa shape index (κ2) is 5.43. The van der Waals surface area contributed by atoms with E-state index in [-0.39, 0.29) is 6.10 Å². The number of halogens is 1. The van der Waals surface area contributed by atoms with Crippen LogP contribution in [0.3, 0.4) is 0 Å². The predicted octanol–water partition coefficient (Wildman–Crippen LogP) is 3.58. The van der Waals surface area contributed by atoms with Gasteiger partial charge in [-0.05, 0) is 31.5 Å². The van der Waals surface area contributed by atoms with Crippen LogP contribution in [0.5, 0.6) is 5.75 Å². The van der Waals surface area contributed by atoms with Crippen molar-refractivity contribution >= 4 is 16.6 Å². The Labute approximate surface area is 94.7 Å². The normalized spacial score (nSPS) is 11.3. The van der Waals surface area contributed by atoms with Crippen LogP contribution in [0.25, 0.3) is 5.03 Å². The Bertz CT molecular complexity index is 404. The van der Waals surface area contributed by atoms with E-state index in [1.54, 1.807) is 0 Å². The van der Waals surface area contributed by atoms with Crippen molar-refractivity contribution in [3.8, 4) is 11.8 Å². The number of hydrogen-bond donors (Lipinski definition) is 0. The van der Waals surface area contributed by atoms with Gasteiger partial charge in [0.05, 0.1) is 17.2 Å². The van der Waals surface area contributed by atoms with Gasteiger partial charge in [-0.1, -0.05) is 23.7 Å². The summed E-state index contributed by atoms with van der Waals surface area (Å²) in [5.41, 5.74) is 0.788. The minimum atomic E-state index is 0.124. The molecule has 0 aliphatic carbocycles. The number of allylic oxidation sites excluding steroid dienone is 1. The Morgan fingerprint density at radius 1 is 1.53 bits per heavy atom. The van der Waals surface area contributed by atoms with Crippen LogP contribution in [0.2, 0.25) is 0 Å². The van der Waals surface area contributed by atoms with Crippen molar-refractivity contribution in [3.63, 3.8) is 0 Å². The molecule has 1 aromatic rings. The average molecular weight is 222 g/mol. The molecule has 78 valence electrons. The standard InChI is InChI=1S/C12H12ClNO/c1-9(2)15-11-5-3-4-10(8-11)12(13)6-7-14/h3-6,8-9H,1-2H3. The Morgan fingerprint density at radius 3 is 2.87 bits per heavy atom. The van der Waals surface area contributed by atoms with Gasteiger partial charge in [-0.25, -0.2) is 0 Å². The first-order valence-electron chi connectivity index (χ1n) is 4.66. The van der Waals surface area contributed by atoms with E-state index in [4.69, 9.17) is 21.6 Å². The third-order valence-electron chi connectivity index (χ3n) is 1.67. The van der Waals surface area contributed by atoms with E-state index in [1.165, 1.54) is 6.08 Å². The van der Waals surface area contributed by atoms with E-state index in [0.717, 1.165) is 11.3 Å². The number of nitrogens with zero attached hydrogens (tertiary/aromatic N) is 1. The summed E-state index contributed by atoms with van der Waals surface area (Å²) in [6.07, 6.45) is 1.43. The number of nitriles is 1. The maximum Gasteiger partial charge on any atom is 0.120 e. The summed E-state index contributed by atoms with van der Waals surface area (Å²) in [6.45, 7) is 3.92. The van der Waals surface area contributed by atoms with Crippen molar-refractivity contribution in [1.29, 1.82) is 5.26 Å². The maximum absolute atomic E-state index is 8.47. The molecule has 0 radical (unpaired) electrons. The van der Waals surface area contributed by atoms with E-state index in [0.29, 0.717) is 5.03 Å². The van der Waals surface area contributed by atoms with Gasteiger partial charge in [0.1, 0.15) is 5.75 Å². The summed E-state index contributed by atoms with van der Waals surface area (Å²) in [5, 5.41) is 8.89. The SMILES string of the molecule is CC(C)Oc1cccc(C(Cl)=CC#N)c1. The molecule has 1 aromatic carbocycles. The first-order valence-corrected chi connectivity index (χ1v) is 5.03. The molecular weight excluding hydrogens is 210 g/mol. The van der Waals surface area contributed by atoms with E-state index < -0.39 is 0 Å². The lowest BCUT2D eigenvalue weighted by atomic mass is 10.2. The second-order valence-corrected chi connectivity index (χ2v) is 3.72. The van der Waals surface area contributed by atoms with Gasteiger partial charge in [0.25, 0.3) is 0 Å². The molecule has 0 saturated carbocycles. The van der Waals surface area contributed by atoms with E-state index >= 15 is 0 Å². The van der Waals surface area contributed by atoms with Gasteiger partial charge >= 0.3 is 0 Å². The Hall–Kier alpha value is -1.46. The first-order chi connectivity index (χ1) is 7.13. The first kappa shape index (κ1) is 11.6. The van der Waals surface area contributed by atoms with Crippen LogP contribution in [0.4, 0.5) is 0 Å². The predicted molar refractivity (Wildman–Crippen MR) is 61.6 cm³/mol. The fourth-order valence-corrected chi connectivity index (χ4v) is 1.30. The zero-order valence-electron chi connectivity index (χ0n) is 8.70. The highest BCUT2D eigenvalue weighted by atomic mass is 35.5. The third kappa shape index (κ3) is 3.65. The van der Waals surface area contributed by atoms with Gasteiger partial charge in [-0.2, -0.15) is 5.26 Å². The molecule has 1 rings (SSSR count). The van der Waals surface area contributed by atoms with Crippen LogP contribution < -0.4 is 4.74 Å². The molecule has 2 nitrogen and oxygen atoms in total. The van der Waals surface area contributed by atoms with Crippen LogP contribution in [0.15, 0.2) is 30.3 Å². The molecule has 0 aliphatic rings. The largest absolute Gasteiger partial charge is 0.491 e. The van der Waals surface area contributed by atoms with Crippen molar-refractivity contribution < 1.29 is 4.74 Å². The summed E-state index contributed by atoms with van der Waals surface area (Å²) < 4.78 is 5.51. The molecule has 0 bridgehead atoms. The molecule has 0 aromatic heterocycles. The highest BCUT2D eigenvalue weighted by Gasteiger charge is 2.01. The fraction of sp³-hybridized carbons (Fsp3) is 0.250. The van der Waals surface area contributed by atoms with Crippen LogP contribution in [0.1, 0.15) is 19.4 Å². The van der Waals surface area contributed by atoms with Crippen molar-refractivity contribution in [2.75, 3.05) is 0 Å². The molecule has 0 saturated heterocycles. The van der Waals surface area contributed by atoms with Gasteiger partial charge in [-0.15, -0.1) is 0 Å². The lowest BCUT2D eigenvalue weighted by Crippen LogP contribution is -2.05. The van der Waals surface area contributed by atoms with Gasteiger partial charge in [0, 0.05) is 6.08 Å². The third-order valence-corrected chi connectivity index (χ3v) is 2.00. The molecule has 15 heavy (non-hydrogen) atoms. The van der Waals surface area contributed by atoms with Crippen LogP contribution in [0, 0.1) is 11.3 Å². The smallest absolute Gasteiger partial charge is 0.120 e. The number of ether oxygens (including phenoxy) is 1. The van der Waals surface area contributed by atoms with Crippen LogP contribution in [-0.2, 0) is 0 Å². The Balaban J connectivity index is 2.93. The van der Waals surface area contributed by atoms with Crippen molar-refractivity contribution in [2.24, 2.45) is 0 Å². The average Bonchev–Trinajstić information content (AvgIpc) is 2.17. The quantitative estimate of drug-likeness (QED) is 0.731. The van der Waals surface area contributed by atoms with Crippen LogP contribution in [-0.4, -0.2) is 6.10 Å². The Kier molecular flexibility index (Phi) is 4.20. The molecular formula is C12H12ClNO. The molecule has 0 heterocycles. The van der Waals surface area contributed by atoms with Crippen molar-refractivity contribution in [2.45, 2.75) is 20.0 Å². The van der Waals surface area contributed by atoms with E-state index in [9.17, 15) is 0 Å². The molecule has 3 heteroatoms. The minimum absolute atomic E-state index is 0.124. The summed E-state index contributed by atoms with van der Waals surface area (Å²) >= 11 is 5.90. The van der Waals surface area contributed by atoms with E-state index in [1.807, 2.05) is 44.2 Å². The molecule has 0 amide bonds. The van der Waals surface area contributed by atoms with Gasteiger partial charge < -0.3 is 4.74 Å². The zero-order valence-corrected chi connectivity index (χ0v) is 9.45. The topological polar surface area (TPSA) is 33.0 Å². The van der Waals surface area contributed by atoms with Crippen molar-refractivity contribution in [3.05, 3.63) is 35.9 Å². The lowest BCUT2D eigenvalue weighted by Gasteiger charge is -2.10. The summed E-state index contributed by atoms with van der Waals surface area (Å²) in [4.78, 5) is 0. The van der Waals surface area contributed by atoms with Crippen molar-refractivity contribution in [1.82, 2.24) is 0 Å². The highest BCUT2D eigenvalue weighted by Crippen LogP contribution is 2.23. The molecule has 0 spiro atoms. The Morgan fingerprint density at radius 2 is 2.27 bits per heavy atom. The molecule has 0 fully saturated rings. The molecule has 0 atom stereocenters. The molecule has 0 N–H and O–H groups in total. The van der Waals surface area contributed by atoms with Gasteiger partial charge in [-0.3, -0.25) is 0 Å². The second-order valence-electron chi connectivity index (χ2n) is 3.32. The number of benzene rings is 1. The van der Waals surface area contributed by atoms with Crippen LogP contribution >= 0.6 is 11.6 Å². The molecule has 0 aliphatic heterocycles. The fourth-order valence-electron chi connectivity index (χ4n) is 1.13. The van der Waals surface area contributed by atoms with Gasteiger partial charge in [0.2, 0.25) is 0 Å². The van der Waals surface area contributed by atoms with E-state index in [2.05, 4.69) is 0 Å². The lowest BCUT2D eigenvalue weighted by molar-refractivity contribution is 0.242. The zero-order chi connectivity index (χ0) is 11.3. The highest BCUT2D eigenvalue weighted by molar-refractivity contribution is 6.49. The minimum Gasteiger partial charge on any atom is -0.491 e. The van der Waals surface area contributed by atoms with Gasteiger partial charge in [0.15, 0.2) is 0 Å². The summed E-state index contributed by atoms with van der Waals surface area (Å²) in [5.74, 6) is 0.756. The summed E-state index contributed by atoms with van der Waals surface area (Å²) in [6, 6.07) is 9.25.